The van der Waals surface area contributed by atoms with Crippen molar-refractivity contribution >= 4 is 34.8 Å². The molecule has 0 bridgehead atoms. The van der Waals surface area contributed by atoms with Gasteiger partial charge in [-0.2, -0.15) is 0 Å². The van der Waals surface area contributed by atoms with Crippen LogP contribution >= 0.6 is 11.6 Å². The van der Waals surface area contributed by atoms with Gasteiger partial charge in [0.05, 0.1) is 28.9 Å². The molecule has 2 aromatic rings. The number of ether oxygens (including phenoxy) is 2. The average molecular weight is 420 g/mol. The molecular formula is C20H19ClFN3O4. The Labute approximate surface area is 171 Å². The molecule has 9 heteroatoms. The van der Waals surface area contributed by atoms with Gasteiger partial charge in [-0.1, -0.05) is 11.6 Å². The Bertz CT molecular complexity index is 984. The summed E-state index contributed by atoms with van der Waals surface area (Å²) in [5, 5.41) is 5.75. The van der Waals surface area contributed by atoms with Gasteiger partial charge in [0.25, 0.3) is 5.91 Å². The fraction of sp³-hybridized carbons (Fsp3) is 0.300. The fourth-order valence-electron chi connectivity index (χ4n) is 3.51. The van der Waals surface area contributed by atoms with Crippen LogP contribution in [0.1, 0.15) is 12.0 Å². The fourth-order valence-corrected chi connectivity index (χ4v) is 3.81. The minimum absolute atomic E-state index is 0.0807. The summed E-state index contributed by atoms with van der Waals surface area (Å²) in [5.41, 5.74) is 1.98. The molecule has 0 radical (unpaired) electrons. The first-order valence-electron chi connectivity index (χ1n) is 9.09. The highest BCUT2D eigenvalue weighted by molar-refractivity contribution is 6.33. The van der Waals surface area contributed by atoms with Crippen LogP contribution in [0.4, 0.5) is 15.8 Å². The minimum atomic E-state index is -0.398. The summed E-state index contributed by atoms with van der Waals surface area (Å²) in [7, 11) is 1.58. The van der Waals surface area contributed by atoms with Gasteiger partial charge in [0.2, 0.25) is 5.91 Å². The molecule has 0 aliphatic carbocycles. The second kappa shape index (κ2) is 7.79. The lowest BCUT2D eigenvalue weighted by atomic mass is 10.1. The van der Waals surface area contributed by atoms with Crippen LogP contribution in [0.5, 0.6) is 11.5 Å². The maximum Gasteiger partial charge on any atom is 0.262 e. The molecular weight excluding hydrogens is 401 g/mol. The summed E-state index contributed by atoms with van der Waals surface area (Å²) >= 11 is 6.34. The van der Waals surface area contributed by atoms with Gasteiger partial charge in [0, 0.05) is 19.7 Å². The standard InChI is InChI=1S/C20H19ClFN3O4/c1-23-18(26)7-13-9-28-17-6-12(22)2-3-16(17)25(13)8-11-4-14(21)20-15(5-11)24-19(27)10-29-20/h2-6,13H,7-10H2,1H3,(H,23,26)(H,24,27). The molecule has 152 valence electrons. The highest BCUT2D eigenvalue weighted by atomic mass is 35.5. The molecule has 1 atom stereocenters. The Kier molecular flexibility index (Phi) is 5.19. The molecule has 2 aliphatic heterocycles. The highest BCUT2D eigenvalue weighted by Crippen LogP contribution is 2.40. The third-order valence-corrected chi connectivity index (χ3v) is 5.16. The monoisotopic (exact) mass is 419 g/mol. The van der Waals surface area contributed by atoms with Crippen molar-refractivity contribution in [2.75, 3.05) is 30.5 Å². The van der Waals surface area contributed by atoms with E-state index in [9.17, 15) is 14.0 Å². The molecule has 0 saturated carbocycles. The molecule has 4 rings (SSSR count). The molecule has 2 N–H and O–H groups in total. The van der Waals surface area contributed by atoms with Gasteiger partial charge in [0.1, 0.15) is 18.2 Å². The van der Waals surface area contributed by atoms with Crippen molar-refractivity contribution in [2.24, 2.45) is 0 Å². The van der Waals surface area contributed by atoms with Crippen LogP contribution in [0.3, 0.4) is 0 Å². The highest BCUT2D eigenvalue weighted by Gasteiger charge is 2.30. The molecule has 7 nitrogen and oxygen atoms in total. The lowest BCUT2D eigenvalue weighted by Gasteiger charge is -2.38. The Morgan fingerprint density at radius 1 is 1.34 bits per heavy atom. The van der Waals surface area contributed by atoms with E-state index in [0.717, 1.165) is 5.56 Å². The first-order chi connectivity index (χ1) is 13.9. The Morgan fingerprint density at radius 2 is 2.17 bits per heavy atom. The number of halogens is 2. The molecule has 2 aromatic carbocycles. The Hall–Kier alpha value is -3.00. The van der Waals surface area contributed by atoms with E-state index in [2.05, 4.69) is 10.6 Å². The van der Waals surface area contributed by atoms with E-state index in [1.165, 1.54) is 12.1 Å². The van der Waals surface area contributed by atoms with Crippen LogP contribution in [0.25, 0.3) is 0 Å². The summed E-state index contributed by atoms with van der Waals surface area (Å²) < 4.78 is 24.7. The largest absolute Gasteiger partial charge is 0.489 e. The smallest absolute Gasteiger partial charge is 0.262 e. The number of nitrogens with zero attached hydrogens (tertiary/aromatic N) is 1. The zero-order chi connectivity index (χ0) is 20.5. The van der Waals surface area contributed by atoms with Crippen molar-refractivity contribution < 1.29 is 23.5 Å². The van der Waals surface area contributed by atoms with Crippen molar-refractivity contribution in [3.8, 4) is 11.5 Å². The van der Waals surface area contributed by atoms with E-state index >= 15 is 0 Å². The van der Waals surface area contributed by atoms with Crippen LogP contribution < -0.4 is 25.0 Å². The van der Waals surface area contributed by atoms with E-state index in [4.69, 9.17) is 21.1 Å². The van der Waals surface area contributed by atoms with Crippen molar-refractivity contribution in [3.63, 3.8) is 0 Å². The van der Waals surface area contributed by atoms with Crippen LogP contribution in [-0.4, -0.2) is 38.1 Å². The van der Waals surface area contributed by atoms with Gasteiger partial charge < -0.3 is 25.0 Å². The first-order valence-corrected chi connectivity index (χ1v) is 9.47. The Morgan fingerprint density at radius 3 is 2.97 bits per heavy atom. The van der Waals surface area contributed by atoms with Gasteiger partial charge in [-0.05, 0) is 29.8 Å². The number of carbonyl (C=O) groups is 2. The first kappa shape index (κ1) is 19.3. The van der Waals surface area contributed by atoms with Crippen LogP contribution in [0.15, 0.2) is 30.3 Å². The number of fused-ring (bicyclic) bond motifs is 2. The molecule has 0 saturated heterocycles. The quantitative estimate of drug-likeness (QED) is 0.796. The molecule has 0 spiro atoms. The third-order valence-electron chi connectivity index (χ3n) is 4.88. The van der Waals surface area contributed by atoms with Crippen LogP contribution in [0, 0.1) is 5.82 Å². The summed E-state index contributed by atoms with van der Waals surface area (Å²) in [6.45, 7) is 0.539. The van der Waals surface area contributed by atoms with E-state index < -0.39 is 5.82 Å². The van der Waals surface area contributed by atoms with Crippen molar-refractivity contribution in [2.45, 2.75) is 19.0 Å². The second-order valence-corrected chi connectivity index (χ2v) is 7.28. The zero-order valence-electron chi connectivity index (χ0n) is 15.6. The maximum absolute atomic E-state index is 13.7. The van der Waals surface area contributed by atoms with E-state index in [0.29, 0.717) is 34.4 Å². The van der Waals surface area contributed by atoms with Gasteiger partial charge >= 0.3 is 0 Å². The predicted molar refractivity (Wildman–Crippen MR) is 106 cm³/mol. The SMILES string of the molecule is CNC(=O)CC1COc2cc(F)ccc2N1Cc1cc(Cl)c2c(c1)NC(=O)CO2. The van der Waals surface area contributed by atoms with Gasteiger partial charge in [-0.15, -0.1) is 0 Å². The summed E-state index contributed by atoms with van der Waals surface area (Å²) in [6.07, 6.45) is 0.214. The number of amides is 2. The number of carbonyl (C=O) groups excluding carboxylic acids is 2. The topological polar surface area (TPSA) is 79.9 Å². The van der Waals surface area contributed by atoms with Crippen molar-refractivity contribution in [1.29, 1.82) is 0 Å². The molecule has 2 amide bonds. The summed E-state index contributed by atoms with van der Waals surface area (Å²) in [4.78, 5) is 25.6. The summed E-state index contributed by atoms with van der Waals surface area (Å²) in [6, 6.07) is 7.60. The number of benzene rings is 2. The molecule has 1 unspecified atom stereocenters. The molecule has 29 heavy (non-hydrogen) atoms. The zero-order valence-corrected chi connectivity index (χ0v) is 16.4. The lowest BCUT2D eigenvalue weighted by molar-refractivity contribution is -0.121. The average Bonchev–Trinajstić information content (AvgIpc) is 2.69. The van der Waals surface area contributed by atoms with E-state index in [1.807, 2.05) is 4.90 Å². The molecule has 0 fully saturated rings. The van der Waals surface area contributed by atoms with Gasteiger partial charge in [-0.25, -0.2) is 4.39 Å². The molecule has 2 heterocycles. The van der Waals surface area contributed by atoms with Crippen molar-refractivity contribution in [1.82, 2.24) is 5.32 Å². The molecule has 2 aliphatic rings. The normalized spacial score (nSPS) is 17.4. The van der Waals surface area contributed by atoms with E-state index in [-0.39, 0.29) is 37.5 Å². The van der Waals surface area contributed by atoms with Gasteiger partial charge in [0.15, 0.2) is 12.4 Å². The van der Waals surface area contributed by atoms with E-state index in [1.54, 1.807) is 25.2 Å². The number of hydrogen-bond acceptors (Lipinski definition) is 5. The summed E-state index contributed by atoms with van der Waals surface area (Å²) in [5.74, 6) is 0.0686. The van der Waals surface area contributed by atoms with Crippen LogP contribution in [0.2, 0.25) is 5.02 Å². The number of anilines is 2. The number of rotatable bonds is 4. The maximum atomic E-state index is 13.7. The van der Waals surface area contributed by atoms with Gasteiger partial charge in [-0.3, -0.25) is 9.59 Å². The minimum Gasteiger partial charge on any atom is -0.489 e. The predicted octanol–water partition coefficient (Wildman–Crippen LogP) is 2.71. The van der Waals surface area contributed by atoms with Crippen molar-refractivity contribution in [3.05, 3.63) is 46.7 Å². The lowest BCUT2D eigenvalue weighted by Crippen LogP contribution is -2.45. The third kappa shape index (κ3) is 3.93. The molecule has 0 aromatic heterocycles. The van der Waals surface area contributed by atoms with Crippen LogP contribution in [-0.2, 0) is 16.1 Å². The number of nitrogens with one attached hydrogen (secondary N) is 2. The number of hydrogen-bond donors (Lipinski definition) is 2. The Balaban J connectivity index is 1.69. The second-order valence-electron chi connectivity index (χ2n) is 6.87.